The van der Waals surface area contributed by atoms with Gasteiger partial charge in [-0.3, -0.25) is 0 Å². The molecule has 1 aliphatic rings. The quantitative estimate of drug-likeness (QED) is 0.924. The van der Waals surface area contributed by atoms with Gasteiger partial charge in [-0.05, 0) is 28.9 Å². The van der Waals surface area contributed by atoms with Gasteiger partial charge in [0.15, 0.2) is 0 Å². The highest BCUT2D eigenvalue weighted by Gasteiger charge is 2.20. The molecule has 0 amide bonds. The van der Waals surface area contributed by atoms with Crippen LogP contribution in [0.2, 0.25) is 0 Å². The Morgan fingerprint density at radius 2 is 2.38 bits per heavy atom. The number of nitrogens with zero attached hydrogens (tertiary/aromatic N) is 3. The van der Waals surface area contributed by atoms with Crippen LogP contribution >= 0.6 is 27.3 Å². The fourth-order valence-electron chi connectivity index (χ4n) is 1.61. The summed E-state index contributed by atoms with van der Waals surface area (Å²) in [6, 6.07) is 2.58. The van der Waals surface area contributed by atoms with Crippen molar-refractivity contribution in [1.29, 1.82) is 0 Å². The average molecular weight is 299 g/mol. The van der Waals surface area contributed by atoms with Gasteiger partial charge < -0.3 is 5.32 Å². The molecule has 0 bridgehead atoms. The first-order chi connectivity index (χ1) is 7.74. The zero-order valence-electron chi connectivity index (χ0n) is 8.77. The molecule has 0 atom stereocenters. The molecular formula is C10H11BrN4S. The van der Waals surface area contributed by atoms with Gasteiger partial charge in [-0.1, -0.05) is 5.21 Å². The van der Waals surface area contributed by atoms with Gasteiger partial charge >= 0.3 is 0 Å². The van der Waals surface area contributed by atoms with Gasteiger partial charge in [0.05, 0.1) is 17.1 Å². The normalized spacial score (nSPS) is 16.4. The summed E-state index contributed by atoms with van der Waals surface area (Å²) < 4.78 is 3.10. The number of hydrogen-bond donors (Lipinski definition) is 1. The van der Waals surface area contributed by atoms with E-state index >= 15 is 0 Å². The minimum absolute atomic E-state index is 0.478. The summed E-state index contributed by atoms with van der Waals surface area (Å²) in [7, 11) is 0. The maximum absolute atomic E-state index is 4.22. The second-order valence-corrected chi connectivity index (χ2v) is 6.02. The highest BCUT2D eigenvalue weighted by atomic mass is 79.9. The predicted octanol–water partition coefficient (Wildman–Crippen LogP) is 2.22. The van der Waals surface area contributed by atoms with E-state index in [9.17, 15) is 0 Å². The summed E-state index contributed by atoms with van der Waals surface area (Å²) in [4.78, 5) is 2.44. The number of rotatable bonds is 2. The number of halogens is 1. The maximum atomic E-state index is 4.22. The van der Waals surface area contributed by atoms with E-state index in [-0.39, 0.29) is 0 Å². The predicted molar refractivity (Wildman–Crippen MR) is 67.7 cm³/mol. The third-order valence-electron chi connectivity index (χ3n) is 2.75. The van der Waals surface area contributed by atoms with E-state index in [0.717, 1.165) is 23.3 Å². The molecule has 84 valence electrons. The van der Waals surface area contributed by atoms with Crippen molar-refractivity contribution in [2.75, 3.05) is 13.1 Å². The lowest BCUT2D eigenvalue weighted by Gasteiger charge is -2.26. The van der Waals surface area contributed by atoms with Crippen LogP contribution in [-0.2, 0) is 0 Å². The summed E-state index contributed by atoms with van der Waals surface area (Å²) in [5, 5.41) is 11.6. The lowest BCUT2D eigenvalue weighted by molar-refractivity contribution is 0.313. The highest BCUT2D eigenvalue weighted by Crippen LogP contribution is 2.33. The van der Waals surface area contributed by atoms with Crippen LogP contribution in [0.25, 0.3) is 10.6 Å². The third-order valence-corrected chi connectivity index (χ3v) is 4.91. The Morgan fingerprint density at radius 1 is 1.56 bits per heavy atom. The summed E-state index contributed by atoms with van der Waals surface area (Å²) in [5.74, 6) is 0. The lowest BCUT2D eigenvalue weighted by Crippen LogP contribution is -2.43. The average Bonchev–Trinajstić information content (AvgIpc) is 2.73. The molecule has 3 heterocycles. The Kier molecular flexibility index (Phi) is 2.57. The van der Waals surface area contributed by atoms with Crippen molar-refractivity contribution in [2.45, 2.75) is 13.0 Å². The molecule has 6 heteroatoms. The Bertz CT molecular complexity index is 495. The molecule has 1 aliphatic heterocycles. The molecule has 0 aromatic carbocycles. The second kappa shape index (κ2) is 3.94. The van der Waals surface area contributed by atoms with Gasteiger partial charge in [0, 0.05) is 22.4 Å². The minimum atomic E-state index is 0.478. The fourth-order valence-corrected chi connectivity index (χ4v) is 3.10. The van der Waals surface area contributed by atoms with Gasteiger partial charge in [0.1, 0.15) is 5.69 Å². The summed E-state index contributed by atoms with van der Waals surface area (Å²) in [6.45, 7) is 4.09. The van der Waals surface area contributed by atoms with E-state index in [1.54, 1.807) is 11.3 Å². The van der Waals surface area contributed by atoms with Gasteiger partial charge in [-0.15, -0.1) is 16.4 Å². The number of aryl methyl sites for hydroxylation is 1. The van der Waals surface area contributed by atoms with Crippen LogP contribution in [0.3, 0.4) is 0 Å². The van der Waals surface area contributed by atoms with E-state index < -0.39 is 0 Å². The second-order valence-electron chi connectivity index (χ2n) is 3.91. The van der Waals surface area contributed by atoms with Crippen LogP contribution in [0.15, 0.2) is 16.7 Å². The van der Waals surface area contributed by atoms with Gasteiger partial charge in [-0.2, -0.15) is 0 Å². The lowest BCUT2D eigenvalue weighted by atomic mass is 10.2. The van der Waals surface area contributed by atoms with Crippen LogP contribution in [0.1, 0.15) is 10.9 Å². The van der Waals surface area contributed by atoms with Crippen molar-refractivity contribution >= 4 is 27.3 Å². The summed E-state index contributed by atoms with van der Waals surface area (Å²) in [6.07, 6.45) is 2.03. The van der Waals surface area contributed by atoms with Crippen LogP contribution in [-0.4, -0.2) is 28.1 Å². The van der Waals surface area contributed by atoms with E-state index in [1.165, 1.54) is 9.75 Å². The van der Waals surface area contributed by atoms with Crippen LogP contribution in [0.4, 0.5) is 0 Å². The third kappa shape index (κ3) is 1.70. The molecule has 1 saturated heterocycles. The molecule has 16 heavy (non-hydrogen) atoms. The van der Waals surface area contributed by atoms with Gasteiger partial charge in [-0.25, -0.2) is 4.68 Å². The summed E-state index contributed by atoms with van der Waals surface area (Å²) in [5.41, 5.74) is 0.964. The molecule has 4 nitrogen and oxygen atoms in total. The maximum Gasteiger partial charge on any atom is 0.123 e. The Balaban J connectivity index is 1.91. The number of nitrogens with one attached hydrogen (secondary N) is 1. The van der Waals surface area contributed by atoms with E-state index in [1.807, 2.05) is 10.9 Å². The highest BCUT2D eigenvalue weighted by molar-refractivity contribution is 9.10. The first-order valence-corrected chi connectivity index (χ1v) is 6.74. The van der Waals surface area contributed by atoms with Crippen molar-refractivity contribution < 1.29 is 0 Å². The van der Waals surface area contributed by atoms with Crippen LogP contribution < -0.4 is 5.32 Å². The minimum Gasteiger partial charge on any atom is -0.312 e. The number of thiophene rings is 1. The molecule has 2 aromatic heterocycles. The molecule has 2 aromatic rings. The standard InChI is InChI=1S/C10H11BrN4S/c1-6-8(11)2-10(16-6)9-5-15(14-13-9)7-3-12-4-7/h2,5,7,12H,3-4H2,1H3. The molecule has 0 saturated carbocycles. The van der Waals surface area contributed by atoms with Crippen molar-refractivity contribution in [3.05, 3.63) is 21.6 Å². The zero-order chi connectivity index (χ0) is 11.1. The molecule has 0 spiro atoms. The Labute approximate surface area is 106 Å². The Hall–Kier alpha value is -0.720. The van der Waals surface area contributed by atoms with E-state index in [0.29, 0.717) is 6.04 Å². The zero-order valence-corrected chi connectivity index (χ0v) is 11.2. The first kappa shape index (κ1) is 10.4. The van der Waals surface area contributed by atoms with Gasteiger partial charge in [0.2, 0.25) is 0 Å². The smallest absolute Gasteiger partial charge is 0.123 e. The molecular weight excluding hydrogens is 288 g/mol. The molecule has 0 radical (unpaired) electrons. The molecule has 1 fully saturated rings. The van der Waals surface area contributed by atoms with Crippen molar-refractivity contribution in [2.24, 2.45) is 0 Å². The first-order valence-electron chi connectivity index (χ1n) is 5.13. The Morgan fingerprint density at radius 3 is 2.94 bits per heavy atom. The van der Waals surface area contributed by atoms with Crippen molar-refractivity contribution in [1.82, 2.24) is 20.3 Å². The van der Waals surface area contributed by atoms with E-state index in [2.05, 4.69) is 44.5 Å². The largest absolute Gasteiger partial charge is 0.312 e. The van der Waals surface area contributed by atoms with Crippen molar-refractivity contribution in [3.63, 3.8) is 0 Å². The monoisotopic (exact) mass is 298 g/mol. The number of hydrogen-bond acceptors (Lipinski definition) is 4. The molecule has 1 N–H and O–H groups in total. The van der Waals surface area contributed by atoms with Crippen molar-refractivity contribution in [3.8, 4) is 10.6 Å². The molecule has 0 aliphatic carbocycles. The topological polar surface area (TPSA) is 42.7 Å². The number of aromatic nitrogens is 3. The van der Waals surface area contributed by atoms with E-state index in [4.69, 9.17) is 0 Å². The van der Waals surface area contributed by atoms with Crippen LogP contribution in [0.5, 0.6) is 0 Å². The van der Waals surface area contributed by atoms with Gasteiger partial charge in [0.25, 0.3) is 0 Å². The van der Waals surface area contributed by atoms with Crippen LogP contribution in [0, 0.1) is 6.92 Å². The molecule has 3 rings (SSSR count). The SMILES string of the molecule is Cc1sc(-c2cn(C3CNC3)nn2)cc1Br. The molecule has 0 unspecified atom stereocenters. The summed E-state index contributed by atoms with van der Waals surface area (Å²) >= 11 is 5.26. The fraction of sp³-hybridized carbons (Fsp3) is 0.400.